The van der Waals surface area contributed by atoms with Gasteiger partial charge in [-0.05, 0) is 31.2 Å². The Labute approximate surface area is 151 Å². The summed E-state index contributed by atoms with van der Waals surface area (Å²) < 4.78 is 10.3. The lowest BCUT2D eigenvalue weighted by Crippen LogP contribution is -2.22. The SMILES string of the molecule is COc1ccc(NC(=O)C/C(C)=N/NC(=O)c2ccccn2)c(OC)c1. The quantitative estimate of drug-likeness (QED) is 0.585. The van der Waals surface area contributed by atoms with Gasteiger partial charge < -0.3 is 14.8 Å². The van der Waals surface area contributed by atoms with Crippen LogP contribution in [0.5, 0.6) is 11.5 Å². The first-order valence-electron chi connectivity index (χ1n) is 7.80. The van der Waals surface area contributed by atoms with Gasteiger partial charge in [0.25, 0.3) is 5.91 Å². The fourth-order valence-corrected chi connectivity index (χ4v) is 2.07. The molecule has 0 unspecified atom stereocenters. The highest BCUT2D eigenvalue weighted by molar-refractivity contribution is 6.06. The monoisotopic (exact) mass is 356 g/mol. The van der Waals surface area contributed by atoms with Crippen LogP contribution in [0.2, 0.25) is 0 Å². The molecular formula is C18H20N4O4. The number of carbonyl (C=O) groups is 2. The summed E-state index contributed by atoms with van der Waals surface area (Å²) in [5, 5.41) is 6.65. The number of ether oxygens (including phenoxy) is 2. The van der Waals surface area contributed by atoms with E-state index in [1.165, 1.54) is 13.3 Å². The molecule has 0 aliphatic heterocycles. The van der Waals surface area contributed by atoms with E-state index in [0.29, 0.717) is 22.9 Å². The van der Waals surface area contributed by atoms with Crippen molar-refractivity contribution in [3.05, 3.63) is 48.3 Å². The number of anilines is 1. The van der Waals surface area contributed by atoms with Crippen LogP contribution in [0.4, 0.5) is 5.69 Å². The van der Waals surface area contributed by atoms with E-state index in [1.54, 1.807) is 50.4 Å². The number of hydrogen-bond donors (Lipinski definition) is 2. The Morgan fingerprint density at radius 2 is 1.96 bits per heavy atom. The Balaban J connectivity index is 1.93. The van der Waals surface area contributed by atoms with E-state index in [1.807, 2.05) is 0 Å². The Morgan fingerprint density at radius 3 is 2.62 bits per heavy atom. The van der Waals surface area contributed by atoms with Gasteiger partial charge in [0.15, 0.2) is 0 Å². The molecule has 1 heterocycles. The van der Waals surface area contributed by atoms with Gasteiger partial charge in [-0.15, -0.1) is 0 Å². The van der Waals surface area contributed by atoms with E-state index >= 15 is 0 Å². The van der Waals surface area contributed by atoms with Crippen LogP contribution in [-0.2, 0) is 4.79 Å². The highest BCUT2D eigenvalue weighted by Crippen LogP contribution is 2.29. The highest BCUT2D eigenvalue weighted by Gasteiger charge is 2.11. The van der Waals surface area contributed by atoms with Crippen LogP contribution in [0.3, 0.4) is 0 Å². The molecule has 0 fully saturated rings. The highest BCUT2D eigenvalue weighted by atomic mass is 16.5. The smallest absolute Gasteiger partial charge is 0.289 e. The first-order chi connectivity index (χ1) is 12.5. The lowest BCUT2D eigenvalue weighted by Gasteiger charge is -2.11. The van der Waals surface area contributed by atoms with E-state index in [9.17, 15) is 9.59 Å². The second-order valence-corrected chi connectivity index (χ2v) is 5.29. The van der Waals surface area contributed by atoms with Crippen molar-refractivity contribution >= 4 is 23.2 Å². The van der Waals surface area contributed by atoms with Gasteiger partial charge in [0, 0.05) is 18.0 Å². The summed E-state index contributed by atoms with van der Waals surface area (Å²) in [6.45, 7) is 1.64. The maximum atomic E-state index is 12.2. The van der Waals surface area contributed by atoms with Crippen LogP contribution >= 0.6 is 0 Å². The minimum absolute atomic E-state index is 0.0116. The molecule has 0 spiro atoms. The molecule has 2 amide bonds. The molecule has 1 aromatic carbocycles. The summed E-state index contributed by atoms with van der Waals surface area (Å²) >= 11 is 0. The van der Waals surface area contributed by atoms with Gasteiger partial charge in [-0.3, -0.25) is 14.6 Å². The van der Waals surface area contributed by atoms with Crippen molar-refractivity contribution in [2.75, 3.05) is 19.5 Å². The van der Waals surface area contributed by atoms with Crippen molar-refractivity contribution in [1.29, 1.82) is 0 Å². The molecule has 1 aromatic heterocycles. The number of aromatic nitrogens is 1. The van der Waals surface area contributed by atoms with E-state index in [-0.39, 0.29) is 18.0 Å². The third kappa shape index (κ3) is 5.30. The lowest BCUT2D eigenvalue weighted by molar-refractivity contribution is -0.115. The van der Waals surface area contributed by atoms with Gasteiger partial charge in [-0.25, -0.2) is 5.43 Å². The Morgan fingerprint density at radius 1 is 1.15 bits per heavy atom. The minimum Gasteiger partial charge on any atom is -0.497 e. The maximum absolute atomic E-state index is 12.2. The van der Waals surface area contributed by atoms with Crippen molar-refractivity contribution in [3.8, 4) is 11.5 Å². The molecule has 26 heavy (non-hydrogen) atoms. The molecule has 136 valence electrons. The molecule has 8 nitrogen and oxygen atoms in total. The van der Waals surface area contributed by atoms with Gasteiger partial charge in [0.2, 0.25) is 5.91 Å². The fourth-order valence-electron chi connectivity index (χ4n) is 2.07. The Kier molecular flexibility index (Phi) is 6.67. The maximum Gasteiger partial charge on any atom is 0.289 e. The predicted molar refractivity (Wildman–Crippen MR) is 97.6 cm³/mol. The molecule has 8 heteroatoms. The van der Waals surface area contributed by atoms with Gasteiger partial charge >= 0.3 is 0 Å². The van der Waals surface area contributed by atoms with E-state index in [2.05, 4.69) is 20.8 Å². The molecular weight excluding hydrogens is 336 g/mol. The Hall–Kier alpha value is -3.42. The Bertz CT molecular complexity index is 806. The number of rotatable bonds is 7. The zero-order valence-corrected chi connectivity index (χ0v) is 14.8. The van der Waals surface area contributed by atoms with E-state index in [0.717, 1.165) is 0 Å². The van der Waals surface area contributed by atoms with Crippen LogP contribution in [0.1, 0.15) is 23.8 Å². The standard InChI is InChI=1S/C18H20N4O4/c1-12(21-22-18(24)15-6-4-5-9-19-15)10-17(23)20-14-8-7-13(25-2)11-16(14)26-3/h4-9,11H,10H2,1-3H3,(H,20,23)(H,22,24)/b21-12+. The van der Waals surface area contributed by atoms with Gasteiger partial charge in [0.1, 0.15) is 17.2 Å². The van der Waals surface area contributed by atoms with Crippen molar-refractivity contribution in [1.82, 2.24) is 10.4 Å². The third-order valence-electron chi connectivity index (χ3n) is 3.35. The zero-order valence-electron chi connectivity index (χ0n) is 14.8. The molecule has 2 N–H and O–H groups in total. The molecule has 0 saturated heterocycles. The number of nitrogens with one attached hydrogen (secondary N) is 2. The molecule has 0 aliphatic rings. The third-order valence-corrected chi connectivity index (χ3v) is 3.35. The summed E-state index contributed by atoms with van der Waals surface area (Å²) in [6, 6.07) is 10.1. The number of nitrogens with zero attached hydrogens (tertiary/aromatic N) is 2. The van der Waals surface area contributed by atoms with E-state index < -0.39 is 5.91 Å². The van der Waals surface area contributed by atoms with Gasteiger partial charge in [0.05, 0.1) is 26.3 Å². The van der Waals surface area contributed by atoms with Crippen molar-refractivity contribution < 1.29 is 19.1 Å². The number of carbonyl (C=O) groups excluding carboxylic acids is 2. The van der Waals surface area contributed by atoms with Crippen molar-refractivity contribution in [2.24, 2.45) is 5.10 Å². The summed E-state index contributed by atoms with van der Waals surface area (Å²) in [6.07, 6.45) is 1.53. The minimum atomic E-state index is -0.442. The first kappa shape index (κ1) is 18.9. The number of hydrogen-bond acceptors (Lipinski definition) is 6. The zero-order chi connectivity index (χ0) is 18.9. The van der Waals surface area contributed by atoms with Crippen molar-refractivity contribution in [2.45, 2.75) is 13.3 Å². The molecule has 0 bridgehead atoms. The normalized spacial score (nSPS) is 10.8. The van der Waals surface area contributed by atoms with Gasteiger partial charge in [-0.2, -0.15) is 5.10 Å². The average molecular weight is 356 g/mol. The molecule has 2 aromatic rings. The largest absolute Gasteiger partial charge is 0.497 e. The molecule has 2 rings (SSSR count). The summed E-state index contributed by atoms with van der Waals surface area (Å²) in [5.41, 5.74) is 3.58. The number of hydrazone groups is 1. The van der Waals surface area contributed by atoms with Crippen LogP contribution < -0.4 is 20.2 Å². The van der Waals surface area contributed by atoms with Crippen LogP contribution in [-0.4, -0.2) is 36.7 Å². The predicted octanol–water partition coefficient (Wildman–Crippen LogP) is 2.23. The molecule has 0 radical (unpaired) electrons. The summed E-state index contributed by atoms with van der Waals surface area (Å²) in [4.78, 5) is 27.9. The topological polar surface area (TPSA) is 102 Å². The molecule has 0 aliphatic carbocycles. The first-order valence-corrected chi connectivity index (χ1v) is 7.80. The molecule has 0 atom stereocenters. The number of pyridine rings is 1. The number of amides is 2. The van der Waals surface area contributed by atoms with Crippen LogP contribution in [0.15, 0.2) is 47.7 Å². The van der Waals surface area contributed by atoms with Crippen LogP contribution in [0, 0.1) is 0 Å². The van der Waals surface area contributed by atoms with E-state index in [4.69, 9.17) is 9.47 Å². The lowest BCUT2D eigenvalue weighted by atomic mass is 10.2. The number of methoxy groups -OCH3 is 2. The van der Waals surface area contributed by atoms with Gasteiger partial charge in [-0.1, -0.05) is 6.07 Å². The fraction of sp³-hybridized carbons (Fsp3) is 0.222. The van der Waals surface area contributed by atoms with Crippen LogP contribution in [0.25, 0.3) is 0 Å². The number of benzene rings is 1. The average Bonchev–Trinajstić information content (AvgIpc) is 2.67. The summed E-state index contributed by atoms with van der Waals surface area (Å²) in [5.74, 6) is 0.370. The molecule has 0 saturated carbocycles. The second-order valence-electron chi connectivity index (χ2n) is 5.29. The second kappa shape index (κ2) is 9.16. The van der Waals surface area contributed by atoms with Crippen molar-refractivity contribution in [3.63, 3.8) is 0 Å². The summed E-state index contributed by atoms with van der Waals surface area (Å²) in [7, 11) is 3.05.